The fourth-order valence-corrected chi connectivity index (χ4v) is 3.12. The lowest BCUT2D eigenvalue weighted by Gasteiger charge is -2.17. The van der Waals surface area contributed by atoms with Crippen LogP contribution in [0.25, 0.3) is 0 Å². The van der Waals surface area contributed by atoms with Crippen molar-refractivity contribution in [2.75, 3.05) is 39.6 Å². The van der Waals surface area contributed by atoms with E-state index in [1.807, 2.05) is 0 Å². The predicted octanol–water partition coefficient (Wildman–Crippen LogP) is 1.33. The summed E-state index contributed by atoms with van der Waals surface area (Å²) < 4.78 is 10.3. The van der Waals surface area contributed by atoms with Crippen LogP contribution in [0.3, 0.4) is 0 Å². The molecule has 2 unspecified atom stereocenters. The van der Waals surface area contributed by atoms with Gasteiger partial charge in [0.1, 0.15) is 0 Å². The molecule has 2 fully saturated rings. The molecule has 1 aromatic carbocycles. The molecule has 1 aromatic rings. The lowest BCUT2D eigenvalue weighted by Crippen LogP contribution is -2.34. The summed E-state index contributed by atoms with van der Waals surface area (Å²) in [6, 6.07) is 6.99. The van der Waals surface area contributed by atoms with Gasteiger partial charge in [0.25, 0.3) is 11.8 Å². The van der Waals surface area contributed by atoms with Gasteiger partial charge in [0, 0.05) is 38.2 Å². The van der Waals surface area contributed by atoms with Crippen molar-refractivity contribution >= 4 is 11.8 Å². The maximum Gasteiger partial charge on any atom is 0.261 e. The molecular weight excluding hydrogens is 310 g/mol. The standard InChI is InChI=1S/C13H13NO3.C5H10O2/c15-12-10-3-1-2-4-11(10)13(16)14(12)7-9-5-6-17-8-9;6-3-5-1-2-7-4-5/h1-4,9H,5-8H2;5-6H,1-4H2. The van der Waals surface area contributed by atoms with Crippen LogP contribution in [-0.2, 0) is 9.47 Å². The first-order valence-electron chi connectivity index (χ1n) is 8.42. The molecule has 0 bridgehead atoms. The third kappa shape index (κ3) is 3.66. The van der Waals surface area contributed by atoms with Crippen LogP contribution in [0, 0.1) is 11.8 Å². The van der Waals surface area contributed by atoms with E-state index in [1.54, 1.807) is 24.3 Å². The minimum absolute atomic E-state index is 0.169. The molecule has 4 rings (SSSR count). The van der Waals surface area contributed by atoms with E-state index in [1.165, 1.54) is 4.90 Å². The first kappa shape index (κ1) is 17.1. The van der Waals surface area contributed by atoms with Crippen LogP contribution in [0.15, 0.2) is 24.3 Å². The van der Waals surface area contributed by atoms with E-state index < -0.39 is 0 Å². The lowest BCUT2D eigenvalue weighted by atomic mass is 10.1. The van der Waals surface area contributed by atoms with Crippen molar-refractivity contribution in [1.29, 1.82) is 0 Å². The van der Waals surface area contributed by atoms with Crippen LogP contribution in [-0.4, -0.2) is 61.4 Å². The number of aliphatic hydroxyl groups excluding tert-OH is 1. The van der Waals surface area contributed by atoms with Crippen LogP contribution in [0.1, 0.15) is 33.6 Å². The summed E-state index contributed by atoms with van der Waals surface area (Å²) in [5.41, 5.74) is 1.05. The topological polar surface area (TPSA) is 76.1 Å². The minimum Gasteiger partial charge on any atom is -0.396 e. The van der Waals surface area contributed by atoms with Crippen LogP contribution in [0.5, 0.6) is 0 Å². The number of carbonyl (C=O) groups is 2. The van der Waals surface area contributed by atoms with Gasteiger partial charge in [-0.1, -0.05) is 12.1 Å². The summed E-state index contributed by atoms with van der Waals surface area (Å²) in [4.78, 5) is 25.5. The van der Waals surface area contributed by atoms with Gasteiger partial charge in [-0.05, 0) is 25.0 Å². The quantitative estimate of drug-likeness (QED) is 0.845. The van der Waals surface area contributed by atoms with Crippen LogP contribution < -0.4 is 0 Å². The number of aliphatic hydroxyl groups is 1. The van der Waals surface area contributed by atoms with Gasteiger partial charge in [0.2, 0.25) is 0 Å². The van der Waals surface area contributed by atoms with Crippen molar-refractivity contribution in [3.63, 3.8) is 0 Å². The summed E-state index contributed by atoms with van der Waals surface area (Å²) in [7, 11) is 0. The van der Waals surface area contributed by atoms with Gasteiger partial charge in [-0.25, -0.2) is 0 Å². The Labute approximate surface area is 141 Å². The van der Waals surface area contributed by atoms with Crippen molar-refractivity contribution in [1.82, 2.24) is 4.90 Å². The first-order chi connectivity index (χ1) is 11.7. The summed E-state index contributed by atoms with van der Waals surface area (Å²) >= 11 is 0. The highest BCUT2D eigenvalue weighted by Gasteiger charge is 2.36. The molecular formula is C18H23NO5. The molecule has 3 aliphatic heterocycles. The zero-order valence-electron chi connectivity index (χ0n) is 13.6. The number of imide groups is 1. The molecule has 0 saturated carbocycles. The molecule has 0 radical (unpaired) electrons. The van der Waals surface area contributed by atoms with Gasteiger partial charge in [-0.3, -0.25) is 14.5 Å². The Morgan fingerprint density at radius 1 is 0.958 bits per heavy atom. The Morgan fingerprint density at radius 3 is 1.92 bits per heavy atom. The first-order valence-corrected chi connectivity index (χ1v) is 8.42. The molecule has 1 N–H and O–H groups in total. The highest BCUT2D eigenvalue weighted by atomic mass is 16.5. The van der Waals surface area contributed by atoms with E-state index in [0.717, 1.165) is 32.7 Å². The molecule has 3 heterocycles. The number of amides is 2. The zero-order chi connectivity index (χ0) is 16.9. The summed E-state index contributed by atoms with van der Waals surface area (Å²) in [5.74, 6) is 0.382. The van der Waals surface area contributed by atoms with Crippen LogP contribution in [0.2, 0.25) is 0 Å². The molecule has 2 amide bonds. The van der Waals surface area contributed by atoms with Crippen molar-refractivity contribution in [2.45, 2.75) is 12.8 Å². The number of fused-ring (bicyclic) bond motifs is 1. The number of hydrogen-bond donors (Lipinski definition) is 1. The highest BCUT2D eigenvalue weighted by molar-refractivity contribution is 6.21. The van der Waals surface area contributed by atoms with Crippen molar-refractivity contribution in [3.8, 4) is 0 Å². The predicted molar refractivity (Wildman–Crippen MR) is 86.7 cm³/mol. The molecule has 3 aliphatic rings. The van der Waals surface area contributed by atoms with Crippen molar-refractivity contribution in [3.05, 3.63) is 35.4 Å². The minimum atomic E-state index is -0.169. The van der Waals surface area contributed by atoms with Gasteiger partial charge >= 0.3 is 0 Å². The second kappa shape index (κ2) is 7.88. The fraction of sp³-hybridized carbons (Fsp3) is 0.556. The Hall–Kier alpha value is -1.76. The molecule has 0 aromatic heterocycles. The molecule has 2 saturated heterocycles. The number of carbonyl (C=O) groups excluding carboxylic acids is 2. The van der Waals surface area contributed by atoms with Gasteiger partial charge in [-0.2, -0.15) is 0 Å². The number of hydrogen-bond acceptors (Lipinski definition) is 5. The second-order valence-corrected chi connectivity index (χ2v) is 6.41. The fourth-order valence-electron chi connectivity index (χ4n) is 3.12. The van der Waals surface area contributed by atoms with Gasteiger partial charge < -0.3 is 14.6 Å². The van der Waals surface area contributed by atoms with Gasteiger partial charge in [-0.15, -0.1) is 0 Å². The highest BCUT2D eigenvalue weighted by Crippen LogP contribution is 2.25. The Bertz CT molecular complexity index is 556. The van der Waals surface area contributed by atoms with E-state index in [9.17, 15) is 9.59 Å². The van der Waals surface area contributed by atoms with E-state index >= 15 is 0 Å². The third-order valence-electron chi connectivity index (χ3n) is 4.63. The monoisotopic (exact) mass is 333 g/mol. The SMILES string of the molecule is O=C1c2ccccc2C(=O)N1CC1CCOC1.OCC1CCOC1. The normalized spacial score (nSPS) is 25.6. The molecule has 6 nitrogen and oxygen atoms in total. The Balaban J connectivity index is 0.000000203. The summed E-state index contributed by atoms with van der Waals surface area (Å²) in [5, 5.41) is 8.49. The maximum absolute atomic E-state index is 12.1. The molecule has 0 spiro atoms. The Morgan fingerprint density at radius 2 is 1.50 bits per heavy atom. The second-order valence-electron chi connectivity index (χ2n) is 6.41. The molecule has 24 heavy (non-hydrogen) atoms. The average Bonchev–Trinajstić information content (AvgIpc) is 3.35. The van der Waals surface area contributed by atoms with E-state index in [4.69, 9.17) is 14.6 Å². The lowest BCUT2D eigenvalue weighted by molar-refractivity contribution is 0.0623. The van der Waals surface area contributed by atoms with Crippen molar-refractivity contribution in [2.24, 2.45) is 11.8 Å². The zero-order valence-corrected chi connectivity index (χ0v) is 13.6. The maximum atomic E-state index is 12.1. The molecule has 6 heteroatoms. The summed E-state index contributed by atoms with van der Waals surface area (Å²) in [6.07, 6.45) is 1.96. The molecule has 130 valence electrons. The largest absolute Gasteiger partial charge is 0.396 e. The number of rotatable bonds is 3. The molecule has 2 atom stereocenters. The van der Waals surface area contributed by atoms with Gasteiger partial charge in [0.05, 0.1) is 24.3 Å². The van der Waals surface area contributed by atoms with Gasteiger partial charge in [0.15, 0.2) is 0 Å². The van der Waals surface area contributed by atoms with E-state index in [0.29, 0.717) is 36.8 Å². The number of benzene rings is 1. The van der Waals surface area contributed by atoms with Crippen molar-refractivity contribution < 1.29 is 24.2 Å². The smallest absolute Gasteiger partial charge is 0.261 e. The summed E-state index contributed by atoms with van der Waals surface area (Å²) in [6.45, 7) is 3.75. The Kier molecular flexibility index (Phi) is 5.60. The van der Waals surface area contributed by atoms with Crippen LogP contribution >= 0.6 is 0 Å². The third-order valence-corrected chi connectivity index (χ3v) is 4.63. The molecule has 0 aliphatic carbocycles. The van der Waals surface area contributed by atoms with Crippen LogP contribution in [0.4, 0.5) is 0 Å². The number of ether oxygens (including phenoxy) is 2. The van der Waals surface area contributed by atoms with E-state index in [-0.39, 0.29) is 17.7 Å². The number of nitrogens with zero attached hydrogens (tertiary/aromatic N) is 1. The average molecular weight is 333 g/mol. The van der Waals surface area contributed by atoms with E-state index in [2.05, 4.69) is 0 Å².